The molecule has 45 heavy (non-hydrogen) atoms. The lowest BCUT2D eigenvalue weighted by Gasteiger charge is -2.06. The molecule has 0 aromatic carbocycles. The first-order chi connectivity index (χ1) is 22.2. The summed E-state index contributed by atoms with van der Waals surface area (Å²) in [5.41, 5.74) is 0. The molecule has 4 nitrogen and oxygen atoms in total. The number of allylic oxidation sites excluding steroid dienone is 4. The van der Waals surface area contributed by atoms with Crippen LogP contribution in [0.2, 0.25) is 0 Å². The van der Waals surface area contributed by atoms with E-state index in [-0.39, 0.29) is 11.9 Å². The zero-order valence-electron chi connectivity index (χ0n) is 30.3. The Balaban J connectivity index is 3.31. The number of carbonyl (C=O) groups excluding carboxylic acids is 2. The van der Waals surface area contributed by atoms with Crippen molar-refractivity contribution in [2.24, 2.45) is 0 Å². The molecule has 0 spiro atoms. The molecule has 0 N–H and O–H groups in total. The second kappa shape index (κ2) is 38.6. The molecule has 0 amide bonds. The third-order valence-electron chi connectivity index (χ3n) is 8.60. The number of unbranched alkanes of at least 4 members (excludes halogenated alkanes) is 24. The molecule has 0 radical (unpaired) electrons. The van der Waals surface area contributed by atoms with E-state index in [1.54, 1.807) is 0 Å². The van der Waals surface area contributed by atoms with Crippen molar-refractivity contribution >= 4 is 11.9 Å². The van der Waals surface area contributed by atoms with Crippen LogP contribution >= 0.6 is 0 Å². The summed E-state index contributed by atoms with van der Waals surface area (Å²) in [6, 6.07) is 0. The maximum Gasteiger partial charge on any atom is 0.305 e. The molecule has 4 heteroatoms. The van der Waals surface area contributed by atoms with Gasteiger partial charge in [0.25, 0.3) is 0 Å². The second-order valence-corrected chi connectivity index (χ2v) is 13.2. The summed E-state index contributed by atoms with van der Waals surface area (Å²) in [7, 11) is 0. The predicted molar refractivity (Wildman–Crippen MR) is 195 cm³/mol. The van der Waals surface area contributed by atoms with E-state index in [1.165, 1.54) is 141 Å². The van der Waals surface area contributed by atoms with E-state index in [1.807, 2.05) is 0 Å². The molecule has 0 unspecified atom stereocenters. The average molecular weight is 633 g/mol. The Morgan fingerprint density at radius 3 is 0.956 bits per heavy atom. The maximum absolute atomic E-state index is 11.9. The van der Waals surface area contributed by atoms with Crippen molar-refractivity contribution in [1.29, 1.82) is 0 Å². The van der Waals surface area contributed by atoms with E-state index in [0.717, 1.165) is 44.9 Å². The molecule has 0 atom stereocenters. The number of esters is 2. The summed E-state index contributed by atoms with van der Waals surface area (Å²) < 4.78 is 10.7. The topological polar surface area (TPSA) is 52.6 Å². The minimum atomic E-state index is -0.0704. The lowest BCUT2D eigenvalue weighted by molar-refractivity contribution is -0.144. The van der Waals surface area contributed by atoms with Crippen LogP contribution in [-0.2, 0) is 19.1 Å². The van der Waals surface area contributed by atoms with Gasteiger partial charge < -0.3 is 9.47 Å². The number of carbonyl (C=O) groups is 2. The zero-order valence-corrected chi connectivity index (χ0v) is 30.3. The highest BCUT2D eigenvalue weighted by Gasteiger charge is 2.04. The van der Waals surface area contributed by atoms with Gasteiger partial charge in [0.05, 0.1) is 13.2 Å². The largest absolute Gasteiger partial charge is 0.466 e. The van der Waals surface area contributed by atoms with Gasteiger partial charge in [0.1, 0.15) is 0 Å². The lowest BCUT2D eigenvalue weighted by Crippen LogP contribution is -2.07. The Hall–Kier alpha value is -1.58. The van der Waals surface area contributed by atoms with Gasteiger partial charge in [-0.1, -0.05) is 141 Å². The van der Waals surface area contributed by atoms with Gasteiger partial charge in [0.2, 0.25) is 0 Å². The van der Waals surface area contributed by atoms with Crippen molar-refractivity contribution in [3.05, 3.63) is 24.3 Å². The van der Waals surface area contributed by atoms with Gasteiger partial charge in [-0.25, -0.2) is 0 Å². The molecule has 0 saturated heterocycles. The molecule has 0 aliphatic carbocycles. The predicted octanol–water partition coefficient (Wildman–Crippen LogP) is 13.3. The third-order valence-corrected chi connectivity index (χ3v) is 8.60. The number of hydrogen-bond donors (Lipinski definition) is 0. The zero-order chi connectivity index (χ0) is 32.7. The van der Waals surface area contributed by atoms with Gasteiger partial charge in [0.15, 0.2) is 0 Å². The molecule has 0 aliphatic rings. The van der Waals surface area contributed by atoms with Crippen molar-refractivity contribution in [3.63, 3.8) is 0 Å². The standard InChI is InChI=1S/C41H76O4/c1-3-5-7-9-11-13-15-17-19-21-23-25-27-29-32-36-40(42)44-38-34-31-35-39-45-41(43)37-33-30-28-26-24-22-20-18-16-14-12-10-8-6-4-2/h17-20H,3-16,21-39H2,1-2H3. The van der Waals surface area contributed by atoms with Gasteiger partial charge in [0, 0.05) is 12.8 Å². The number of ether oxygens (including phenoxy) is 2. The van der Waals surface area contributed by atoms with E-state index < -0.39 is 0 Å². The van der Waals surface area contributed by atoms with E-state index in [9.17, 15) is 9.59 Å². The van der Waals surface area contributed by atoms with Crippen LogP contribution in [0.1, 0.15) is 213 Å². The first kappa shape index (κ1) is 43.4. The summed E-state index contributed by atoms with van der Waals surface area (Å²) in [4.78, 5) is 23.9. The number of hydrogen-bond acceptors (Lipinski definition) is 4. The van der Waals surface area contributed by atoms with Crippen LogP contribution in [0.25, 0.3) is 0 Å². The molecule has 264 valence electrons. The third kappa shape index (κ3) is 38.5. The fourth-order valence-corrected chi connectivity index (χ4v) is 5.58. The minimum absolute atomic E-state index is 0.0704. The van der Waals surface area contributed by atoms with Gasteiger partial charge in [-0.3, -0.25) is 9.59 Å². The first-order valence-corrected chi connectivity index (χ1v) is 19.8. The van der Waals surface area contributed by atoms with Crippen LogP contribution in [0.5, 0.6) is 0 Å². The molecule has 0 aromatic heterocycles. The molecule has 0 aliphatic heterocycles. The van der Waals surface area contributed by atoms with Crippen molar-refractivity contribution < 1.29 is 19.1 Å². The fraction of sp³-hybridized carbons (Fsp3) is 0.854. The van der Waals surface area contributed by atoms with E-state index in [4.69, 9.17) is 9.47 Å². The van der Waals surface area contributed by atoms with Gasteiger partial charge in [-0.05, 0) is 83.5 Å². The molecule has 0 saturated carbocycles. The molecule has 0 aromatic rings. The molecule has 0 bridgehead atoms. The van der Waals surface area contributed by atoms with Gasteiger partial charge in [-0.2, -0.15) is 0 Å². The Kier molecular flexibility index (Phi) is 37.2. The second-order valence-electron chi connectivity index (χ2n) is 13.2. The first-order valence-electron chi connectivity index (χ1n) is 19.8. The minimum Gasteiger partial charge on any atom is -0.466 e. The lowest BCUT2D eigenvalue weighted by atomic mass is 10.1. The van der Waals surface area contributed by atoms with Gasteiger partial charge in [-0.15, -0.1) is 0 Å². The van der Waals surface area contributed by atoms with Crippen molar-refractivity contribution in [2.75, 3.05) is 13.2 Å². The van der Waals surface area contributed by atoms with Crippen molar-refractivity contribution in [2.45, 2.75) is 213 Å². The highest BCUT2D eigenvalue weighted by Crippen LogP contribution is 2.12. The molecular weight excluding hydrogens is 556 g/mol. The highest BCUT2D eigenvalue weighted by molar-refractivity contribution is 5.69. The Bertz CT molecular complexity index is 612. The summed E-state index contributed by atoms with van der Waals surface area (Å²) in [5.74, 6) is -0.141. The average Bonchev–Trinajstić information content (AvgIpc) is 3.04. The van der Waals surface area contributed by atoms with E-state index in [0.29, 0.717) is 26.1 Å². The number of rotatable bonds is 36. The van der Waals surface area contributed by atoms with Gasteiger partial charge >= 0.3 is 11.9 Å². The molecule has 0 rings (SSSR count). The monoisotopic (exact) mass is 633 g/mol. The SMILES string of the molecule is CCCCCCCCC=CCCCCCCCC(=O)OCCCCCOC(=O)CCCCCCCC=CCCCCCCCC. The Morgan fingerprint density at radius 1 is 0.356 bits per heavy atom. The van der Waals surface area contributed by atoms with Crippen LogP contribution in [0.3, 0.4) is 0 Å². The van der Waals surface area contributed by atoms with Crippen molar-refractivity contribution in [3.8, 4) is 0 Å². The molecular formula is C41H76O4. The van der Waals surface area contributed by atoms with E-state index >= 15 is 0 Å². The van der Waals surface area contributed by atoms with Crippen LogP contribution in [0.15, 0.2) is 24.3 Å². The van der Waals surface area contributed by atoms with Crippen LogP contribution in [-0.4, -0.2) is 25.2 Å². The Labute approximate surface area is 281 Å². The normalized spacial score (nSPS) is 11.6. The van der Waals surface area contributed by atoms with E-state index in [2.05, 4.69) is 38.2 Å². The van der Waals surface area contributed by atoms with Crippen LogP contribution in [0.4, 0.5) is 0 Å². The summed E-state index contributed by atoms with van der Waals surface area (Å²) in [6.45, 7) is 5.49. The quantitative estimate of drug-likeness (QED) is 0.0392. The highest BCUT2D eigenvalue weighted by atomic mass is 16.5. The fourth-order valence-electron chi connectivity index (χ4n) is 5.58. The summed E-state index contributed by atoms with van der Waals surface area (Å²) >= 11 is 0. The smallest absolute Gasteiger partial charge is 0.305 e. The van der Waals surface area contributed by atoms with Crippen LogP contribution in [0, 0.1) is 0 Å². The summed E-state index contributed by atoms with van der Waals surface area (Å²) in [6.07, 6.45) is 45.9. The Morgan fingerprint density at radius 2 is 0.622 bits per heavy atom. The maximum atomic E-state index is 11.9. The molecule has 0 fully saturated rings. The van der Waals surface area contributed by atoms with Crippen molar-refractivity contribution in [1.82, 2.24) is 0 Å². The summed E-state index contributed by atoms with van der Waals surface area (Å²) in [5, 5.41) is 0. The van der Waals surface area contributed by atoms with Crippen LogP contribution < -0.4 is 0 Å². The molecule has 0 heterocycles.